The molecule has 1 aromatic carbocycles. The van der Waals surface area contributed by atoms with Crippen molar-refractivity contribution in [2.45, 2.75) is 19.3 Å². The van der Waals surface area contributed by atoms with Gasteiger partial charge in [-0.05, 0) is 51.2 Å². The summed E-state index contributed by atoms with van der Waals surface area (Å²) in [6, 6.07) is 3.82. The van der Waals surface area contributed by atoms with Gasteiger partial charge in [-0.15, -0.1) is 0 Å². The van der Waals surface area contributed by atoms with E-state index in [9.17, 15) is 4.79 Å². The number of nitrogens with zero attached hydrogens (tertiary/aromatic N) is 1. The lowest BCUT2D eigenvalue weighted by molar-refractivity contribution is -0.115. The molecule has 0 unspecified atom stereocenters. The van der Waals surface area contributed by atoms with Gasteiger partial charge in [0.25, 0.3) is 0 Å². The van der Waals surface area contributed by atoms with Gasteiger partial charge in [0, 0.05) is 12.2 Å². The van der Waals surface area contributed by atoms with E-state index in [-0.39, 0.29) is 5.91 Å². The van der Waals surface area contributed by atoms with Crippen LogP contribution in [0.15, 0.2) is 12.1 Å². The number of benzene rings is 1. The van der Waals surface area contributed by atoms with E-state index in [1.165, 1.54) is 0 Å². The van der Waals surface area contributed by atoms with Crippen molar-refractivity contribution >= 4 is 23.0 Å². The van der Waals surface area contributed by atoms with Crippen LogP contribution < -0.4 is 16.4 Å². The Morgan fingerprint density at radius 1 is 1.37 bits per heavy atom. The number of hydrogen-bond acceptors (Lipinski definition) is 4. The molecule has 1 aromatic rings. The molecule has 1 aliphatic rings. The third-order valence-electron chi connectivity index (χ3n) is 3.25. The van der Waals surface area contributed by atoms with Crippen LogP contribution in [-0.4, -0.2) is 38.0 Å². The fourth-order valence-electron chi connectivity index (χ4n) is 2.22. The number of unbranched alkanes of at least 4 members (excludes halogenated alkanes) is 1. The molecule has 0 fully saturated rings. The monoisotopic (exact) mass is 262 g/mol. The molecule has 0 atom stereocenters. The molecule has 0 spiro atoms. The molecule has 0 bridgehead atoms. The number of carbonyl (C=O) groups excluding carboxylic acids is 1. The molecule has 104 valence electrons. The average molecular weight is 262 g/mol. The number of anilines is 3. The van der Waals surface area contributed by atoms with Crippen LogP contribution >= 0.6 is 0 Å². The fourth-order valence-corrected chi connectivity index (χ4v) is 2.22. The minimum absolute atomic E-state index is 0.0394. The topological polar surface area (TPSA) is 70.4 Å². The van der Waals surface area contributed by atoms with E-state index in [4.69, 9.17) is 5.73 Å². The molecular formula is C14H22N4O. The van der Waals surface area contributed by atoms with Crippen LogP contribution in [0.4, 0.5) is 17.1 Å². The summed E-state index contributed by atoms with van der Waals surface area (Å²) in [6.45, 7) is 1.99. The zero-order valence-electron chi connectivity index (χ0n) is 11.6. The van der Waals surface area contributed by atoms with E-state index in [0.717, 1.165) is 42.9 Å². The van der Waals surface area contributed by atoms with Crippen LogP contribution in [0.5, 0.6) is 0 Å². The van der Waals surface area contributed by atoms with E-state index >= 15 is 0 Å². The first-order valence-corrected chi connectivity index (χ1v) is 6.67. The van der Waals surface area contributed by atoms with Crippen LogP contribution in [0.1, 0.15) is 18.4 Å². The number of fused-ring (bicyclic) bond motifs is 1. The second-order valence-corrected chi connectivity index (χ2v) is 5.26. The Hall–Kier alpha value is -1.75. The van der Waals surface area contributed by atoms with Gasteiger partial charge in [-0.3, -0.25) is 4.79 Å². The average Bonchev–Trinajstić information content (AvgIpc) is 2.67. The maximum Gasteiger partial charge on any atom is 0.228 e. The van der Waals surface area contributed by atoms with Crippen LogP contribution in [0.2, 0.25) is 0 Å². The van der Waals surface area contributed by atoms with Crippen molar-refractivity contribution in [3.05, 3.63) is 17.7 Å². The summed E-state index contributed by atoms with van der Waals surface area (Å²) >= 11 is 0. The summed E-state index contributed by atoms with van der Waals surface area (Å²) in [7, 11) is 4.16. The van der Waals surface area contributed by atoms with Crippen molar-refractivity contribution in [1.29, 1.82) is 0 Å². The Labute approximate surface area is 114 Å². The van der Waals surface area contributed by atoms with Crippen LogP contribution in [0, 0.1) is 0 Å². The summed E-state index contributed by atoms with van der Waals surface area (Å²) < 4.78 is 0. The van der Waals surface area contributed by atoms with Gasteiger partial charge >= 0.3 is 0 Å². The molecule has 0 radical (unpaired) electrons. The molecule has 1 amide bonds. The van der Waals surface area contributed by atoms with Crippen molar-refractivity contribution < 1.29 is 4.79 Å². The largest absolute Gasteiger partial charge is 0.397 e. The van der Waals surface area contributed by atoms with Gasteiger partial charge in [-0.25, -0.2) is 0 Å². The summed E-state index contributed by atoms with van der Waals surface area (Å²) in [6.07, 6.45) is 2.69. The zero-order valence-corrected chi connectivity index (χ0v) is 11.6. The smallest absolute Gasteiger partial charge is 0.228 e. The predicted octanol–water partition coefficient (Wildman–Crippen LogP) is 1.52. The summed E-state index contributed by atoms with van der Waals surface area (Å²) in [5.41, 5.74) is 9.48. The molecule has 0 aromatic heterocycles. The molecule has 19 heavy (non-hydrogen) atoms. The normalized spacial score (nSPS) is 13.5. The lowest BCUT2D eigenvalue weighted by Gasteiger charge is -2.12. The molecule has 5 nitrogen and oxygen atoms in total. The van der Waals surface area contributed by atoms with Gasteiger partial charge in [0.2, 0.25) is 5.91 Å². The molecule has 4 N–H and O–H groups in total. The number of carbonyl (C=O) groups is 1. The second-order valence-electron chi connectivity index (χ2n) is 5.26. The first-order valence-electron chi connectivity index (χ1n) is 6.67. The number of nitrogens with one attached hydrogen (secondary N) is 2. The molecular weight excluding hydrogens is 240 g/mol. The molecule has 1 aliphatic heterocycles. The first kappa shape index (κ1) is 13.7. The quantitative estimate of drug-likeness (QED) is 0.537. The molecule has 5 heteroatoms. The van der Waals surface area contributed by atoms with Gasteiger partial charge in [-0.1, -0.05) is 0 Å². The Morgan fingerprint density at radius 3 is 2.89 bits per heavy atom. The Bertz CT molecular complexity index is 471. The highest BCUT2D eigenvalue weighted by Crippen LogP contribution is 2.31. The summed E-state index contributed by atoms with van der Waals surface area (Å²) in [5.74, 6) is 0.0394. The van der Waals surface area contributed by atoms with Crippen LogP contribution in [0.3, 0.4) is 0 Å². The van der Waals surface area contributed by atoms with Crippen molar-refractivity contribution in [2.75, 3.05) is 43.6 Å². The lowest BCUT2D eigenvalue weighted by Crippen LogP contribution is -2.14. The molecule has 1 heterocycles. The van der Waals surface area contributed by atoms with E-state index in [1.807, 2.05) is 12.1 Å². The van der Waals surface area contributed by atoms with Gasteiger partial charge in [0.05, 0.1) is 17.8 Å². The summed E-state index contributed by atoms with van der Waals surface area (Å²) in [4.78, 5) is 13.5. The van der Waals surface area contributed by atoms with Crippen molar-refractivity contribution in [2.24, 2.45) is 0 Å². The minimum atomic E-state index is 0.0394. The highest BCUT2D eigenvalue weighted by atomic mass is 16.1. The van der Waals surface area contributed by atoms with Gasteiger partial charge in [0.15, 0.2) is 0 Å². The molecule has 0 saturated heterocycles. The Balaban J connectivity index is 1.87. The van der Waals surface area contributed by atoms with E-state index in [1.54, 1.807) is 0 Å². The number of nitrogens with two attached hydrogens (primary N) is 1. The Kier molecular flexibility index (Phi) is 4.27. The molecule has 0 saturated carbocycles. The lowest BCUT2D eigenvalue weighted by atomic mass is 10.1. The van der Waals surface area contributed by atoms with E-state index in [0.29, 0.717) is 12.1 Å². The van der Waals surface area contributed by atoms with Gasteiger partial charge in [-0.2, -0.15) is 0 Å². The fraction of sp³-hybridized carbons (Fsp3) is 0.500. The Morgan fingerprint density at radius 2 is 2.16 bits per heavy atom. The van der Waals surface area contributed by atoms with Gasteiger partial charge in [0.1, 0.15) is 0 Å². The number of hydrogen-bond donors (Lipinski definition) is 3. The molecule has 2 rings (SSSR count). The van der Waals surface area contributed by atoms with Crippen molar-refractivity contribution in [3.63, 3.8) is 0 Å². The highest BCUT2D eigenvalue weighted by Gasteiger charge is 2.18. The van der Waals surface area contributed by atoms with E-state index < -0.39 is 0 Å². The highest BCUT2D eigenvalue weighted by molar-refractivity contribution is 6.00. The predicted molar refractivity (Wildman–Crippen MR) is 79.5 cm³/mol. The number of rotatable bonds is 6. The first-order chi connectivity index (χ1) is 9.06. The second kappa shape index (κ2) is 5.93. The third kappa shape index (κ3) is 3.61. The maximum absolute atomic E-state index is 11.3. The molecule has 0 aliphatic carbocycles. The van der Waals surface area contributed by atoms with Crippen LogP contribution in [-0.2, 0) is 11.2 Å². The van der Waals surface area contributed by atoms with E-state index in [2.05, 4.69) is 29.6 Å². The standard InChI is InChI=1S/C14H22N4O/c1-18(2)6-4-3-5-16-13-9-12-10(7-11(13)15)8-14(19)17-12/h7,9,16H,3-6,8,15H2,1-2H3,(H,17,19). The van der Waals surface area contributed by atoms with Gasteiger partial charge < -0.3 is 21.3 Å². The SMILES string of the molecule is CN(C)CCCCNc1cc2c(cc1N)CC(=O)N2. The zero-order chi connectivity index (χ0) is 13.8. The number of amides is 1. The number of nitrogen functional groups attached to an aromatic ring is 1. The van der Waals surface area contributed by atoms with Crippen LogP contribution in [0.25, 0.3) is 0 Å². The van der Waals surface area contributed by atoms with Crippen molar-refractivity contribution in [1.82, 2.24) is 4.90 Å². The minimum Gasteiger partial charge on any atom is -0.397 e. The third-order valence-corrected chi connectivity index (χ3v) is 3.25. The van der Waals surface area contributed by atoms with Crippen molar-refractivity contribution in [3.8, 4) is 0 Å². The maximum atomic E-state index is 11.3. The summed E-state index contributed by atoms with van der Waals surface area (Å²) in [5, 5.41) is 6.18.